The highest BCUT2D eigenvalue weighted by molar-refractivity contribution is 7.91. The van der Waals surface area contributed by atoms with E-state index in [1.165, 1.54) is 18.5 Å². The molecule has 10 heteroatoms. The van der Waals surface area contributed by atoms with Gasteiger partial charge in [0.05, 0.1) is 27.7 Å². The molecule has 0 aliphatic carbocycles. The number of aryl methyl sites for hydroxylation is 1. The van der Waals surface area contributed by atoms with Crippen LogP contribution in [0.25, 0.3) is 10.9 Å². The molecule has 146 valence electrons. The quantitative estimate of drug-likeness (QED) is 0.647. The first-order chi connectivity index (χ1) is 12.5. The zero-order valence-corrected chi connectivity index (χ0v) is 17.0. The van der Waals surface area contributed by atoms with E-state index < -0.39 is 32.3 Å². The molecule has 0 spiro atoms. The van der Waals surface area contributed by atoms with Crippen molar-refractivity contribution in [3.05, 3.63) is 26.9 Å². The fourth-order valence-electron chi connectivity index (χ4n) is 4.03. The van der Waals surface area contributed by atoms with Gasteiger partial charge < -0.3 is 4.90 Å². The largest absolute Gasteiger partial charge is 0.349 e. The van der Waals surface area contributed by atoms with Gasteiger partial charge in [-0.1, -0.05) is 11.6 Å². The van der Waals surface area contributed by atoms with Gasteiger partial charge in [-0.3, -0.25) is 9.47 Å². The number of aromatic nitrogens is 2. The number of anilines is 1. The van der Waals surface area contributed by atoms with Crippen LogP contribution in [-0.2, 0) is 16.9 Å². The molecule has 1 saturated heterocycles. The zero-order valence-electron chi connectivity index (χ0n) is 15.5. The van der Waals surface area contributed by atoms with Gasteiger partial charge in [0.1, 0.15) is 16.5 Å². The topological polar surface area (TPSA) is 75.5 Å². The predicted octanol–water partition coefficient (Wildman–Crippen LogP) is 1.33. The van der Waals surface area contributed by atoms with Gasteiger partial charge in [0, 0.05) is 31.7 Å². The molecular formula is C17H20ClFN4O3S. The van der Waals surface area contributed by atoms with Crippen molar-refractivity contribution < 1.29 is 12.8 Å². The second-order valence-corrected chi connectivity index (χ2v) is 9.81. The minimum Gasteiger partial charge on any atom is -0.349 e. The van der Waals surface area contributed by atoms with Crippen molar-refractivity contribution >= 4 is 38.2 Å². The summed E-state index contributed by atoms with van der Waals surface area (Å²) in [4.78, 5) is 20.1. The number of fused-ring (bicyclic) bond motifs is 2. The standard InChI is InChI=1S/C17H20ClFN4O3S/c1-8-5-23-10(6-21(8)3)7-27(25,26)15-11-14(12(18)9(2)13(15)19)22(4)17(24)20-16(11)23/h8,10H,5-7H2,1-4H3. The number of halogens is 2. The number of nitrogens with zero attached hydrogens (tertiary/aromatic N) is 4. The van der Waals surface area contributed by atoms with E-state index >= 15 is 4.39 Å². The van der Waals surface area contributed by atoms with Crippen LogP contribution in [0.3, 0.4) is 0 Å². The number of benzene rings is 1. The maximum Gasteiger partial charge on any atom is 0.349 e. The molecule has 1 fully saturated rings. The van der Waals surface area contributed by atoms with Crippen molar-refractivity contribution in [2.24, 2.45) is 7.05 Å². The summed E-state index contributed by atoms with van der Waals surface area (Å²) in [5.74, 6) is -0.906. The first kappa shape index (κ1) is 18.6. The summed E-state index contributed by atoms with van der Waals surface area (Å²) in [7, 11) is -0.574. The van der Waals surface area contributed by atoms with E-state index in [9.17, 15) is 13.2 Å². The van der Waals surface area contributed by atoms with Crippen molar-refractivity contribution in [2.75, 3.05) is 30.8 Å². The van der Waals surface area contributed by atoms with E-state index in [0.717, 1.165) is 0 Å². The second kappa shape index (κ2) is 5.89. The molecule has 4 rings (SSSR count). The van der Waals surface area contributed by atoms with Crippen LogP contribution in [-0.4, -0.2) is 60.8 Å². The lowest BCUT2D eigenvalue weighted by Crippen LogP contribution is -2.58. The van der Waals surface area contributed by atoms with Crippen molar-refractivity contribution in [2.45, 2.75) is 30.8 Å². The van der Waals surface area contributed by atoms with Crippen LogP contribution in [0.2, 0.25) is 5.02 Å². The molecule has 1 aromatic heterocycles. The molecule has 0 saturated carbocycles. The molecule has 2 aromatic rings. The number of likely N-dealkylation sites (N-methyl/N-ethyl adjacent to an activating group) is 1. The lowest BCUT2D eigenvalue weighted by atomic mass is 10.1. The first-order valence-electron chi connectivity index (χ1n) is 8.62. The Morgan fingerprint density at radius 2 is 1.93 bits per heavy atom. The van der Waals surface area contributed by atoms with Gasteiger partial charge >= 0.3 is 5.69 Å². The minimum atomic E-state index is -3.95. The van der Waals surface area contributed by atoms with Crippen LogP contribution in [0.4, 0.5) is 10.2 Å². The monoisotopic (exact) mass is 414 g/mol. The molecule has 27 heavy (non-hydrogen) atoms. The third kappa shape index (κ3) is 2.51. The van der Waals surface area contributed by atoms with Crippen LogP contribution < -0.4 is 10.6 Å². The Bertz CT molecular complexity index is 1150. The van der Waals surface area contributed by atoms with Crippen molar-refractivity contribution in [1.29, 1.82) is 0 Å². The van der Waals surface area contributed by atoms with Gasteiger partial charge in [0.25, 0.3) is 0 Å². The van der Waals surface area contributed by atoms with Gasteiger partial charge in [-0.2, -0.15) is 4.98 Å². The third-order valence-electron chi connectivity index (χ3n) is 5.72. The average molecular weight is 415 g/mol. The van der Waals surface area contributed by atoms with E-state index in [2.05, 4.69) is 9.88 Å². The molecule has 1 aromatic carbocycles. The minimum absolute atomic E-state index is 0.0141. The summed E-state index contributed by atoms with van der Waals surface area (Å²) in [6.45, 7) is 4.39. The molecular weight excluding hydrogens is 395 g/mol. The summed E-state index contributed by atoms with van der Waals surface area (Å²) >= 11 is 6.36. The van der Waals surface area contributed by atoms with Crippen molar-refractivity contribution in [1.82, 2.24) is 14.5 Å². The van der Waals surface area contributed by atoms with Gasteiger partial charge in [-0.05, 0) is 20.9 Å². The number of hydrogen-bond donors (Lipinski definition) is 0. The SMILES string of the molecule is Cc1c(F)c2c3c(nc(=O)n(C)c3c1Cl)N1CC(C)N(C)CC1CS2(=O)=O. The summed E-state index contributed by atoms with van der Waals surface area (Å²) in [5, 5.41) is 0.134. The van der Waals surface area contributed by atoms with Crippen LogP contribution in [0, 0.1) is 12.7 Å². The lowest BCUT2D eigenvalue weighted by Gasteiger charge is -2.43. The third-order valence-corrected chi connectivity index (χ3v) is 8.02. The molecule has 0 bridgehead atoms. The maximum absolute atomic E-state index is 15.1. The van der Waals surface area contributed by atoms with Gasteiger partial charge in [0.2, 0.25) is 0 Å². The summed E-state index contributed by atoms with van der Waals surface area (Å²) in [6, 6.07) is -0.304. The van der Waals surface area contributed by atoms with Gasteiger partial charge in [-0.25, -0.2) is 17.6 Å². The number of sulfone groups is 1. The first-order valence-corrected chi connectivity index (χ1v) is 10.7. The molecule has 2 unspecified atom stereocenters. The Hall–Kier alpha value is -1.71. The molecule has 2 aliphatic rings. The molecule has 3 heterocycles. The van der Waals surface area contributed by atoms with Crippen LogP contribution in [0.5, 0.6) is 0 Å². The summed E-state index contributed by atoms with van der Waals surface area (Å²) in [6.07, 6.45) is 0. The number of rotatable bonds is 0. The van der Waals surface area contributed by atoms with Crippen molar-refractivity contribution in [3.8, 4) is 0 Å². The molecule has 7 nitrogen and oxygen atoms in total. The van der Waals surface area contributed by atoms with Crippen LogP contribution in [0.15, 0.2) is 9.69 Å². The maximum atomic E-state index is 15.1. The Kier molecular flexibility index (Phi) is 4.07. The summed E-state index contributed by atoms with van der Waals surface area (Å²) in [5.41, 5.74) is -0.336. The van der Waals surface area contributed by atoms with Crippen LogP contribution >= 0.6 is 11.6 Å². The second-order valence-electron chi connectivity index (χ2n) is 7.46. The molecule has 0 amide bonds. The van der Waals surface area contributed by atoms with Crippen LogP contribution in [0.1, 0.15) is 12.5 Å². The highest BCUT2D eigenvalue weighted by Gasteiger charge is 2.42. The zero-order chi connectivity index (χ0) is 19.8. The Labute approximate surface area is 161 Å². The average Bonchev–Trinajstić information content (AvgIpc) is 2.66. The highest BCUT2D eigenvalue weighted by atomic mass is 35.5. The van der Waals surface area contributed by atoms with E-state index in [1.807, 2.05) is 18.9 Å². The normalized spacial score (nSPS) is 24.7. The van der Waals surface area contributed by atoms with Gasteiger partial charge in [0.15, 0.2) is 9.84 Å². The predicted molar refractivity (Wildman–Crippen MR) is 102 cm³/mol. The van der Waals surface area contributed by atoms with E-state index in [1.54, 1.807) is 0 Å². The molecule has 0 N–H and O–H groups in total. The number of piperazine rings is 1. The van der Waals surface area contributed by atoms with Crippen molar-refractivity contribution in [3.63, 3.8) is 0 Å². The summed E-state index contributed by atoms with van der Waals surface area (Å²) < 4.78 is 42.6. The fraction of sp³-hybridized carbons (Fsp3) is 0.529. The molecule has 2 atom stereocenters. The van der Waals surface area contributed by atoms with E-state index in [-0.39, 0.29) is 39.1 Å². The Balaban J connectivity index is 2.22. The van der Waals surface area contributed by atoms with E-state index in [0.29, 0.717) is 13.1 Å². The highest BCUT2D eigenvalue weighted by Crippen LogP contribution is 2.42. The fourth-order valence-corrected chi connectivity index (χ4v) is 6.22. The lowest BCUT2D eigenvalue weighted by molar-refractivity contribution is 0.206. The number of hydrogen-bond acceptors (Lipinski definition) is 6. The van der Waals surface area contributed by atoms with Gasteiger partial charge in [-0.15, -0.1) is 0 Å². The molecule has 2 aliphatic heterocycles. The van der Waals surface area contributed by atoms with E-state index in [4.69, 9.17) is 11.6 Å². The Morgan fingerprint density at radius 3 is 2.59 bits per heavy atom. The Morgan fingerprint density at radius 1 is 1.26 bits per heavy atom. The molecule has 0 radical (unpaired) electrons. The smallest absolute Gasteiger partial charge is 0.349 e.